The second-order valence-corrected chi connectivity index (χ2v) is 4.00. The van der Waals surface area contributed by atoms with Crippen LogP contribution in [0.2, 0.25) is 0 Å². The number of hydrogen-bond donors (Lipinski definition) is 1. The molecule has 1 aromatic carbocycles. The maximum absolute atomic E-state index is 5.43. The molecule has 1 unspecified atom stereocenters. The van der Waals surface area contributed by atoms with Crippen LogP contribution in [0, 0.1) is 0 Å². The van der Waals surface area contributed by atoms with E-state index in [2.05, 4.69) is 12.2 Å². The monoisotopic (exact) mass is 253 g/mol. The van der Waals surface area contributed by atoms with Crippen LogP contribution in [0.5, 0.6) is 11.5 Å². The molecular weight excluding hydrogens is 230 g/mol. The molecule has 0 aliphatic carbocycles. The molecule has 0 amide bonds. The Morgan fingerprint density at radius 1 is 1.17 bits per heavy atom. The van der Waals surface area contributed by atoms with Crippen LogP contribution in [0.15, 0.2) is 18.2 Å². The Labute approximate surface area is 109 Å². The third-order valence-corrected chi connectivity index (χ3v) is 2.88. The predicted octanol–water partition coefficient (Wildman–Crippen LogP) is 2.39. The number of rotatable bonds is 8. The van der Waals surface area contributed by atoms with Crippen molar-refractivity contribution in [1.29, 1.82) is 0 Å². The van der Waals surface area contributed by atoms with E-state index >= 15 is 0 Å². The molecule has 4 nitrogen and oxygen atoms in total. The highest BCUT2D eigenvalue weighted by Gasteiger charge is 2.15. The molecule has 0 radical (unpaired) electrons. The zero-order valence-corrected chi connectivity index (χ0v) is 11.7. The Bertz CT molecular complexity index is 355. The molecule has 1 aromatic rings. The van der Waals surface area contributed by atoms with Gasteiger partial charge >= 0.3 is 0 Å². The van der Waals surface area contributed by atoms with Crippen LogP contribution in [-0.2, 0) is 4.74 Å². The number of benzene rings is 1. The summed E-state index contributed by atoms with van der Waals surface area (Å²) in [7, 11) is 5.05. The lowest BCUT2D eigenvalue weighted by atomic mass is 10.0. The summed E-state index contributed by atoms with van der Waals surface area (Å²) in [6, 6.07) is 6.14. The van der Waals surface area contributed by atoms with Gasteiger partial charge in [-0.1, -0.05) is 13.0 Å². The number of ether oxygens (including phenoxy) is 3. The normalized spacial score (nSPS) is 12.2. The third kappa shape index (κ3) is 3.89. The summed E-state index contributed by atoms with van der Waals surface area (Å²) in [4.78, 5) is 0. The van der Waals surface area contributed by atoms with Gasteiger partial charge in [0.15, 0.2) is 0 Å². The zero-order chi connectivity index (χ0) is 13.4. The first-order valence-electron chi connectivity index (χ1n) is 6.21. The first kappa shape index (κ1) is 14.8. The molecule has 0 saturated heterocycles. The van der Waals surface area contributed by atoms with E-state index in [4.69, 9.17) is 14.2 Å². The molecule has 18 heavy (non-hydrogen) atoms. The van der Waals surface area contributed by atoms with Gasteiger partial charge in [-0.2, -0.15) is 0 Å². The summed E-state index contributed by atoms with van der Waals surface area (Å²) in [6.07, 6.45) is 0.910. The fourth-order valence-electron chi connectivity index (χ4n) is 1.96. The quantitative estimate of drug-likeness (QED) is 0.772. The number of nitrogens with one attached hydrogen (secondary N) is 1. The van der Waals surface area contributed by atoms with Crippen LogP contribution in [0.3, 0.4) is 0 Å². The molecule has 0 fully saturated rings. The van der Waals surface area contributed by atoms with Gasteiger partial charge in [0.1, 0.15) is 11.5 Å². The van der Waals surface area contributed by atoms with Crippen molar-refractivity contribution >= 4 is 0 Å². The Morgan fingerprint density at radius 2 is 1.94 bits per heavy atom. The van der Waals surface area contributed by atoms with Crippen molar-refractivity contribution < 1.29 is 14.2 Å². The lowest BCUT2D eigenvalue weighted by molar-refractivity contribution is 0.182. The SMILES string of the molecule is CCNC(CCOC)c1ccc(OC)cc1OC. The van der Waals surface area contributed by atoms with Gasteiger partial charge in [-0.3, -0.25) is 0 Å². The highest BCUT2D eigenvalue weighted by molar-refractivity contribution is 5.42. The van der Waals surface area contributed by atoms with Gasteiger partial charge in [0.05, 0.1) is 14.2 Å². The molecule has 0 heterocycles. The molecule has 0 bridgehead atoms. The zero-order valence-electron chi connectivity index (χ0n) is 11.7. The smallest absolute Gasteiger partial charge is 0.127 e. The summed E-state index contributed by atoms with van der Waals surface area (Å²) < 4.78 is 15.8. The van der Waals surface area contributed by atoms with Crippen LogP contribution >= 0.6 is 0 Å². The minimum absolute atomic E-state index is 0.232. The van der Waals surface area contributed by atoms with Crippen molar-refractivity contribution in [2.45, 2.75) is 19.4 Å². The first-order chi connectivity index (χ1) is 8.76. The maximum atomic E-state index is 5.43. The molecule has 4 heteroatoms. The van der Waals surface area contributed by atoms with Gasteiger partial charge in [0.2, 0.25) is 0 Å². The predicted molar refractivity (Wildman–Crippen MR) is 72.5 cm³/mol. The van der Waals surface area contributed by atoms with E-state index in [0.717, 1.165) is 30.0 Å². The fraction of sp³-hybridized carbons (Fsp3) is 0.571. The minimum atomic E-state index is 0.232. The van der Waals surface area contributed by atoms with E-state index in [1.54, 1.807) is 21.3 Å². The largest absolute Gasteiger partial charge is 0.497 e. The van der Waals surface area contributed by atoms with Gasteiger partial charge in [-0.15, -0.1) is 0 Å². The first-order valence-corrected chi connectivity index (χ1v) is 6.21. The lowest BCUT2D eigenvalue weighted by Gasteiger charge is -2.21. The van der Waals surface area contributed by atoms with E-state index in [9.17, 15) is 0 Å². The summed E-state index contributed by atoms with van der Waals surface area (Å²) in [5.41, 5.74) is 1.14. The van der Waals surface area contributed by atoms with Gasteiger partial charge in [0.25, 0.3) is 0 Å². The second-order valence-electron chi connectivity index (χ2n) is 4.00. The second kappa shape index (κ2) is 7.95. The van der Waals surface area contributed by atoms with Crippen molar-refractivity contribution in [2.24, 2.45) is 0 Å². The maximum Gasteiger partial charge on any atom is 0.127 e. The fourth-order valence-corrected chi connectivity index (χ4v) is 1.96. The van der Waals surface area contributed by atoms with E-state index in [-0.39, 0.29) is 6.04 Å². The van der Waals surface area contributed by atoms with Crippen LogP contribution in [-0.4, -0.2) is 34.5 Å². The average molecular weight is 253 g/mol. The van der Waals surface area contributed by atoms with Crippen molar-refractivity contribution in [3.8, 4) is 11.5 Å². The van der Waals surface area contributed by atoms with E-state index in [0.29, 0.717) is 6.61 Å². The molecule has 1 rings (SSSR count). The van der Waals surface area contributed by atoms with Crippen LogP contribution < -0.4 is 14.8 Å². The van der Waals surface area contributed by atoms with Gasteiger partial charge in [-0.25, -0.2) is 0 Å². The summed E-state index contributed by atoms with van der Waals surface area (Å²) in [5.74, 6) is 1.65. The topological polar surface area (TPSA) is 39.7 Å². The molecule has 0 spiro atoms. The molecule has 0 saturated carbocycles. The Balaban J connectivity index is 2.94. The van der Waals surface area contributed by atoms with Gasteiger partial charge < -0.3 is 19.5 Å². The molecular formula is C14H23NO3. The van der Waals surface area contributed by atoms with Crippen LogP contribution in [0.25, 0.3) is 0 Å². The lowest BCUT2D eigenvalue weighted by Crippen LogP contribution is -2.22. The summed E-state index contributed by atoms with van der Waals surface area (Å²) in [6.45, 7) is 3.71. The van der Waals surface area contributed by atoms with Crippen LogP contribution in [0.4, 0.5) is 0 Å². The summed E-state index contributed by atoms with van der Waals surface area (Å²) in [5, 5.41) is 3.45. The molecule has 1 atom stereocenters. The van der Waals surface area contributed by atoms with Crippen LogP contribution in [0.1, 0.15) is 24.9 Å². The molecule has 1 N–H and O–H groups in total. The third-order valence-electron chi connectivity index (χ3n) is 2.88. The number of hydrogen-bond acceptors (Lipinski definition) is 4. The van der Waals surface area contributed by atoms with Crippen molar-refractivity contribution in [2.75, 3.05) is 34.5 Å². The Hall–Kier alpha value is -1.26. The number of methoxy groups -OCH3 is 3. The van der Waals surface area contributed by atoms with Crippen molar-refractivity contribution in [1.82, 2.24) is 5.32 Å². The highest BCUT2D eigenvalue weighted by atomic mass is 16.5. The Morgan fingerprint density at radius 3 is 2.50 bits per heavy atom. The van der Waals surface area contributed by atoms with Gasteiger partial charge in [-0.05, 0) is 19.0 Å². The van der Waals surface area contributed by atoms with E-state index < -0.39 is 0 Å². The molecule has 0 aliphatic heterocycles. The molecule has 0 aromatic heterocycles. The molecule has 102 valence electrons. The standard InChI is InChI=1S/C14H23NO3/c1-5-15-13(8-9-16-2)12-7-6-11(17-3)10-14(12)18-4/h6-7,10,13,15H,5,8-9H2,1-4H3. The Kier molecular flexibility index (Phi) is 6.54. The molecule has 0 aliphatic rings. The minimum Gasteiger partial charge on any atom is -0.497 e. The van der Waals surface area contributed by atoms with Crippen molar-refractivity contribution in [3.63, 3.8) is 0 Å². The van der Waals surface area contributed by atoms with E-state index in [1.165, 1.54) is 0 Å². The summed E-state index contributed by atoms with van der Waals surface area (Å²) >= 11 is 0. The average Bonchev–Trinajstić information content (AvgIpc) is 2.42. The van der Waals surface area contributed by atoms with Crippen molar-refractivity contribution in [3.05, 3.63) is 23.8 Å². The van der Waals surface area contributed by atoms with Gasteiger partial charge in [0, 0.05) is 31.4 Å². The van der Waals surface area contributed by atoms with E-state index in [1.807, 2.05) is 18.2 Å². The highest BCUT2D eigenvalue weighted by Crippen LogP contribution is 2.30.